The molecule has 1 aliphatic heterocycles. The van der Waals surface area contributed by atoms with Gasteiger partial charge in [-0.15, -0.1) is 0 Å². The van der Waals surface area contributed by atoms with Crippen LogP contribution < -0.4 is 10.1 Å². The van der Waals surface area contributed by atoms with Crippen LogP contribution in [0.4, 0.5) is 10.6 Å². The molecule has 1 saturated carbocycles. The van der Waals surface area contributed by atoms with Crippen molar-refractivity contribution in [3.8, 4) is 5.88 Å². The van der Waals surface area contributed by atoms with Crippen LogP contribution in [0.2, 0.25) is 0 Å². The van der Waals surface area contributed by atoms with Crippen LogP contribution in [0.25, 0.3) is 11.0 Å². The van der Waals surface area contributed by atoms with Crippen LogP contribution in [0.1, 0.15) is 46.5 Å². The van der Waals surface area contributed by atoms with Gasteiger partial charge in [0.25, 0.3) is 5.88 Å². The number of amides is 1. The van der Waals surface area contributed by atoms with Crippen molar-refractivity contribution in [1.29, 1.82) is 0 Å². The number of nitrogens with one attached hydrogen (secondary N) is 1. The number of aromatic nitrogens is 2. The summed E-state index contributed by atoms with van der Waals surface area (Å²) in [5.41, 5.74) is 1.14. The van der Waals surface area contributed by atoms with Crippen molar-refractivity contribution >= 4 is 22.9 Å². The number of anilines is 1. The summed E-state index contributed by atoms with van der Waals surface area (Å²) in [6.07, 6.45) is 3.61. The Labute approximate surface area is 165 Å². The molecule has 0 radical (unpaired) electrons. The standard InChI is InChI=1S/C21H28N4O3/c1-21(2,3)28-20(26)25-12-6-7-15(13-25)27-19-18(22-14-10-11-14)23-16-8-4-5-9-17(16)24-19/h4-5,8-9,14-15H,6-7,10-13H2,1-3H3,(H,22,23)/t15-/m1/s1. The first-order valence-corrected chi connectivity index (χ1v) is 10.1. The molecule has 28 heavy (non-hydrogen) atoms. The van der Waals surface area contributed by atoms with Crippen molar-refractivity contribution in [2.45, 2.75) is 64.2 Å². The molecule has 0 unspecified atom stereocenters. The van der Waals surface area contributed by atoms with Crippen LogP contribution in [-0.2, 0) is 4.74 Å². The molecule has 1 N–H and O–H groups in total. The van der Waals surface area contributed by atoms with Crippen molar-refractivity contribution < 1.29 is 14.3 Å². The Morgan fingerprint density at radius 2 is 1.86 bits per heavy atom. The summed E-state index contributed by atoms with van der Waals surface area (Å²) in [5, 5.41) is 3.43. The van der Waals surface area contributed by atoms with E-state index in [1.807, 2.05) is 45.0 Å². The van der Waals surface area contributed by atoms with Crippen LogP contribution in [-0.4, -0.2) is 51.8 Å². The second kappa shape index (κ2) is 7.45. The summed E-state index contributed by atoms with van der Waals surface area (Å²) in [6, 6.07) is 8.24. The minimum atomic E-state index is -0.504. The van der Waals surface area contributed by atoms with Crippen molar-refractivity contribution in [2.24, 2.45) is 0 Å². The van der Waals surface area contributed by atoms with Gasteiger partial charge >= 0.3 is 6.09 Å². The molecule has 4 rings (SSSR count). The molecular weight excluding hydrogens is 356 g/mol. The first-order valence-electron chi connectivity index (χ1n) is 10.1. The molecule has 7 nitrogen and oxygen atoms in total. The molecule has 1 amide bonds. The molecule has 2 aromatic rings. The fraction of sp³-hybridized carbons (Fsp3) is 0.571. The van der Waals surface area contributed by atoms with Gasteiger partial charge < -0.3 is 19.7 Å². The predicted molar refractivity (Wildman–Crippen MR) is 108 cm³/mol. The van der Waals surface area contributed by atoms with Gasteiger partial charge in [0, 0.05) is 12.6 Å². The first kappa shape index (κ1) is 18.8. The molecule has 1 atom stereocenters. The zero-order valence-corrected chi connectivity index (χ0v) is 16.8. The molecule has 2 aliphatic rings. The Balaban J connectivity index is 1.51. The van der Waals surface area contributed by atoms with Gasteiger partial charge in [-0.1, -0.05) is 12.1 Å². The number of hydrogen-bond acceptors (Lipinski definition) is 6. The Kier molecular flexibility index (Phi) is 5.00. The zero-order valence-electron chi connectivity index (χ0n) is 16.8. The lowest BCUT2D eigenvalue weighted by Gasteiger charge is -2.34. The molecule has 7 heteroatoms. The van der Waals surface area contributed by atoms with Gasteiger partial charge in [-0.25, -0.2) is 14.8 Å². The van der Waals surface area contributed by atoms with Gasteiger partial charge in [0.05, 0.1) is 17.6 Å². The van der Waals surface area contributed by atoms with Crippen LogP contribution in [0.3, 0.4) is 0 Å². The SMILES string of the molecule is CC(C)(C)OC(=O)N1CCC[C@@H](Oc2nc3ccccc3nc2NC2CC2)C1. The van der Waals surface area contributed by atoms with E-state index in [-0.39, 0.29) is 12.2 Å². The van der Waals surface area contributed by atoms with Crippen molar-refractivity contribution in [1.82, 2.24) is 14.9 Å². The predicted octanol–water partition coefficient (Wildman–Crippen LogP) is 3.98. The number of ether oxygens (including phenoxy) is 2. The van der Waals surface area contributed by atoms with Crippen molar-refractivity contribution in [3.63, 3.8) is 0 Å². The minimum absolute atomic E-state index is 0.128. The number of hydrogen-bond donors (Lipinski definition) is 1. The van der Waals surface area contributed by atoms with Crippen LogP contribution in [0.5, 0.6) is 5.88 Å². The second-order valence-electron chi connectivity index (χ2n) is 8.59. The maximum Gasteiger partial charge on any atom is 0.410 e. The van der Waals surface area contributed by atoms with Gasteiger partial charge in [-0.3, -0.25) is 0 Å². The van der Waals surface area contributed by atoms with E-state index in [1.165, 1.54) is 0 Å². The summed E-state index contributed by atoms with van der Waals surface area (Å²) in [7, 11) is 0. The number of benzene rings is 1. The number of fused-ring (bicyclic) bond motifs is 1. The lowest BCUT2D eigenvalue weighted by molar-refractivity contribution is 0.00733. The minimum Gasteiger partial charge on any atom is -0.470 e. The molecular formula is C21H28N4O3. The summed E-state index contributed by atoms with van der Waals surface area (Å²) in [4.78, 5) is 23.6. The average molecular weight is 384 g/mol. The van der Waals surface area contributed by atoms with E-state index in [9.17, 15) is 4.79 Å². The largest absolute Gasteiger partial charge is 0.470 e. The molecule has 1 aromatic heterocycles. The zero-order chi connectivity index (χ0) is 19.7. The monoisotopic (exact) mass is 384 g/mol. The number of likely N-dealkylation sites (tertiary alicyclic amines) is 1. The Morgan fingerprint density at radius 1 is 1.14 bits per heavy atom. The number of carbonyl (C=O) groups is 1. The fourth-order valence-corrected chi connectivity index (χ4v) is 3.27. The van der Waals surface area contributed by atoms with Crippen LogP contribution in [0.15, 0.2) is 24.3 Å². The second-order valence-corrected chi connectivity index (χ2v) is 8.59. The smallest absolute Gasteiger partial charge is 0.410 e. The maximum atomic E-state index is 12.4. The van der Waals surface area contributed by atoms with Gasteiger partial charge in [0.1, 0.15) is 11.7 Å². The van der Waals surface area contributed by atoms with Crippen LogP contribution >= 0.6 is 0 Å². The van der Waals surface area contributed by atoms with Gasteiger partial charge in [-0.05, 0) is 58.6 Å². The lowest BCUT2D eigenvalue weighted by Crippen LogP contribution is -2.46. The van der Waals surface area contributed by atoms with E-state index in [0.717, 1.165) is 36.7 Å². The van der Waals surface area contributed by atoms with Crippen molar-refractivity contribution in [3.05, 3.63) is 24.3 Å². The third-order valence-corrected chi connectivity index (χ3v) is 4.76. The van der Waals surface area contributed by atoms with Gasteiger partial charge in [0.15, 0.2) is 5.82 Å². The third kappa shape index (κ3) is 4.64. The molecule has 1 aromatic carbocycles. The van der Waals surface area contributed by atoms with E-state index < -0.39 is 5.60 Å². The summed E-state index contributed by atoms with van der Waals surface area (Å²) in [5.74, 6) is 1.21. The van der Waals surface area contributed by atoms with E-state index in [2.05, 4.69) is 5.32 Å². The molecule has 0 bridgehead atoms. The Bertz CT molecular complexity index is 860. The van der Waals surface area contributed by atoms with Gasteiger partial charge in [0.2, 0.25) is 0 Å². The number of carbonyl (C=O) groups excluding carboxylic acids is 1. The highest BCUT2D eigenvalue weighted by molar-refractivity contribution is 5.77. The molecule has 1 aliphatic carbocycles. The third-order valence-electron chi connectivity index (χ3n) is 4.76. The number of nitrogens with zero attached hydrogens (tertiary/aromatic N) is 3. The van der Waals surface area contributed by atoms with E-state index >= 15 is 0 Å². The summed E-state index contributed by atoms with van der Waals surface area (Å²) < 4.78 is 11.8. The number of rotatable bonds is 4. The van der Waals surface area contributed by atoms with Gasteiger partial charge in [-0.2, -0.15) is 0 Å². The maximum absolute atomic E-state index is 12.4. The topological polar surface area (TPSA) is 76.6 Å². The van der Waals surface area contributed by atoms with E-state index in [4.69, 9.17) is 19.4 Å². The van der Waals surface area contributed by atoms with E-state index in [1.54, 1.807) is 4.90 Å². The summed E-state index contributed by atoms with van der Waals surface area (Å²) in [6.45, 7) is 6.81. The number of para-hydroxylation sites is 2. The Morgan fingerprint density at radius 3 is 2.54 bits per heavy atom. The highest BCUT2D eigenvalue weighted by Crippen LogP contribution is 2.31. The van der Waals surface area contributed by atoms with E-state index in [0.29, 0.717) is 30.8 Å². The molecule has 0 spiro atoms. The molecule has 1 saturated heterocycles. The summed E-state index contributed by atoms with van der Waals surface area (Å²) >= 11 is 0. The molecule has 150 valence electrons. The normalized spacial score (nSPS) is 20.1. The highest BCUT2D eigenvalue weighted by atomic mass is 16.6. The van der Waals surface area contributed by atoms with Crippen molar-refractivity contribution in [2.75, 3.05) is 18.4 Å². The fourth-order valence-electron chi connectivity index (χ4n) is 3.27. The molecule has 2 fully saturated rings. The lowest BCUT2D eigenvalue weighted by atomic mass is 10.1. The first-order chi connectivity index (χ1) is 13.4. The van der Waals surface area contributed by atoms with Crippen LogP contribution in [0, 0.1) is 0 Å². The number of piperidine rings is 1. The average Bonchev–Trinajstić information content (AvgIpc) is 3.45. The molecule has 2 heterocycles. The quantitative estimate of drug-likeness (QED) is 0.859. The highest BCUT2D eigenvalue weighted by Gasteiger charge is 2.30. The Hall–Kier alpha value is -2.57.